The van der Waals surface area contributed by atoms with Crippen molar-refractivity contribution < 1.29 is 169 Å². The van der Waals surface area contributed by atoms with Gasteiger partial charge in [0.25, 0.3) is 0 Å². The first-order valence-electron chi connectivity index (χ1n) is 35.4. The molecule has 6 rings (SSSR count). The van der Waals surface area contributed by atoms with Crippen LogP contribution in [0.2, 0.25) is 0 Å². The monoisotopic (exact) mass is 1530 g/mol. The maximum atomic E-state index is 15.2. The molecule has 608 valence electrons. The van der Waals surface area contributed by atoms with Crippen molar-refractivity contribution in [3.05, 3.63) is 85.1 Å². The van der Waals surface area contributed by atoms with E-state index in [2.05, 4.69) is 10.6 Å². The summed E-state index contributed by atoms with van der Waals surface area (Å²) in [6.45, 7) is 0.267. The minimum absolute atomic E-state index is 0.238. The second kappa shape index (κ2) is 42.9. The van der Waals surface area contributed by atoms with E-state index in [0.29, 0.717) is 0 Å². The number of esters is 1. The summed E-state index contributed by atoms with van der Waals surface area (Å²) in [5.41, 5.74) is 3.70. The van der Waals surface area contributed by atoms with Crippen molar-refractivity contribution >= 4 is 12.0 Å². The zero-order valence-corrected chi connectivity index (χ0v) is 59.3. The Balaban J connectivity index is 1.39. The Kier molecular flexibility index (Phi) is 36.6. The van der Waals surface area contributed by atoms with Crippen molar-refractivity contribution in [1.82, 2.24) is 10.6 Å². The third-order valence-corrected chi connectivity index (χ3v) is 19.5. The molecule has 0 aliphatic carbocycles. The van der Waals surface area contributed by atoms with Gasteiger partial charge in [-0.15, -0.1) is 0 Å². The molecule has 26 N–H and O–H groups in total. The van der Waals surface area contributed by atoms with Gasteiger partial charge in [-0.3, -0.25) is 4.79 Å². The summed E-state index contributed by atoms with van der Waals surface area (Å²) in [6.07, 6.45) is -31.1. The number of allylic oxidation sites excluding steroid dienone is 12. The Labute approximate surface area is 612 Å². The number of aliphatic hydroxyl groups is 22. The van der Waals surface area contributed by atoms with Crippen molar-refractivity contribution in [1.29, 1.82) is 0 Å². The van der Waals surface area contributed by atoms with Gasteiger partial charge in [0.05, 0.1) is 125 Å². The Hall–Kier alpha value is -4.36. The minimum Gasteiger partial charge on any atom is -0.462 e. The number of carbonyl (C=O) groups is 2. The van der Waals surface area contributed by atoms with E-state index in [-0.39, 0.29) is 25.2 Å². The van der Waals surface area contributed by atoms with Crippen LogP contribution in [0.4, 0.5) is 4.79 Å². The lowest BCUT2D eigenvalue weighted by atomic mass is 9.87. The maximum absolute atomic E-state index is 15.2. The fourth-order valence-electron chi connectivity index (χ4n) is 12.8. The smallest absolute Gasteiger partial charge is 0.315 e. The van der Waals surface area contributed by atoms with Crippen LogP contribution in [-0.4, -0.2) is 365 Å². The number of carbonyl (C=O) groups excluding carboxylic acids is 2. The lowest BCUT2D eigenvalue weighted by molar-refractivity contribution is -0.324. The molecule has 0 radical (unpaired) electrons. The number of urea groups is 1. The second-order valence-corrected chi connectivity index (χ2v) is 28.1. The summed E-state index contributed by atoms with van der Waals surface area (Å²) in [5, 5.41) is 246. The van der Waals surface area contributed by atoms with E-state index in [4.69, 9.17) is 53.1 Å². The SMILES string of the molecule is C[C@@H]1[C@H](O)[C@@H](C)/C=C/C=C/C=C/C=C/C=C/C=C/C=C/[C@H](O[C@@H]2O[C@H](C)[C@@H](O)[C@H](N)[C@@H]2O)C[C@@H]2O[C@](O)(C[C@@H](O)C[C@@H](O)[C@H](O)CC[C@@H](O)C[C@@H](O)CC(=O)O[C@H]1C)C[C@H](O)[C@H]2NC(=O)NC(CO[C@H]1O[C@H](CO)[C@@H](O)[C@H](O)[C@@H]1O)(CO[C@H]1O[C@H](CO)[C@@H](O)[C@H](O)[C@@H]1O)CO[C@H]1O[C@H](CO)[C@@H](O)[C@H](O)[C@@H]1O. The number of fused-ring (bicyclic) bond motifs is 2. The van der Waals surface area contributed by atoms with Crippen LogP contribution in [0, 0.1) is 11.8 Å². The molecule has 0 aromatic rings. The van der Waals surface area contributed by atoms with Crippen molar-refractivity contribution in [2.45, 2.75) is 280 Å². The zero-order valence-electron chi connectivity index (χ0n) is 59.3. The van der Waals surface area contributed by atoms with Gasteiger partial charge in [0.1, 0.15) is 91.0 Å². The summed E-state index contributed by atoms with van der Waals surface area (Å²) < 4.78 is 58.6. The first-order chi connectivity index (χ1) is 50.1. The highest BCUT2D eigenvalue weighted by Crippen LogP contribution is 2.37. The predicted octanol–water partition coefficient (Wildman–Crippen LogP) is -8.13. The highest BCUT2D eigenvalue weighted by Gasteiger charge is 2.53. The number of hydrogen-bond donors (Lipinski definition) is 25. The van der Waals surface area contributed by atoms with Gasteiger partial charge in [0, 0.05) is 37.5 Å². The first-order valence-corrected chi connectivity index (χ1v) is 35.4. The van der Waals surface area contributed by atoms with Gasteiger partial charge in [-0.05, 0) is 33.1 Å². The van der Waals surface area contributed by atoms with Crippen molar-refractivity contribution in [2.24, 2.45) is 17.6 Å². The fraction of sp³-hybridized carbons (Fsp3) is 0.768. The largest absolute Gasteiger partial charge is 0.462 e. The summed E-state index contributed by atoms with van der Waals surface area (Å²) >= 11 is 0. The molecule has 37 nitrogen and oxygen atoms in total. The molecule has 2 bridgehead atoms. The first kappa shape index (κ1) is 90.5. The van der Waals surface area contributed by atoms with Crippen molar-refractivity contribution in [3.8, 4) is 0 Å². The van der Waals surface area contributed by atoms with E-state index in [1.807, 2.05) is 0 Å². The normalized spacial score (nSPS) is 45.8. The number of amides is 2. The number of nitrogens with two attached hydrogens (primary N) is 1. The quantitative estimate of drug-likeness (QED) is 0.0638. The molecule has 0 aromatic heterocycles. The van der Waals surface area contributed by atoms with Crippen molar-refractivity contribution in [3.63, 3.8) is 0 Å². The highest BCUT2D eigenvalue weighted by atomic mass is 16.7. The van der Waals surface area contributed by atoms with Crippen LogP contribution >= 0.6 is 0 Å². The summed E-state index contributed by atoms with van der Waals surface area (Å²) in [6, 6.07) is -4.55. The predicted molar refractivity (Wildman–Crippen MR) is 363 cm³/mol. The molecule has 2 amide bonds. The van der Waals surface area contributed by atoms with Crippen LogP contribution in [0.25, 0.3) is 0 Å². The van der Waals surface area contributed by atoms with E-state index in [1.165, 1.54) is 19.1 Å². The molecular formula is C69H113N3O34. The summed E-state index contributed by atoms with van der Waals surface area (Å²) in [7, 11) is 0. The number of hydrogen-bond acceptors (Lipinski definition) is 35. The van der Waals surface area contributed by atoms with Crippen LogP contribution in [0.15, 0.2) is 85.1 Å². The van der Waals surface area contributed by atoms with E-state index < -0.39 is 291 Å². The third kappa shape index (κ3) is 25.9. The fourth-order valence-corrected chi connectivity index (χ4v) is 12.8. The van der Waals surface area contributed by atoms with E-state index in [9.17, 15) is 117 Å². The topological polar surface area (TPSA) is 622 Å². The Bertz CT molecular complexity index is 2740. The number of rotatable bonds is 16. The van der Waals surface area contributed by atoms with Gasteiger partial charge in [0.15, 0.2) is 30.9 Å². The number of nitrogens with one attached hydrogen (secondary N) is 2. The average Bonchev–Trinajstić information content (AvgIpc) is 0.793. The molecule has 0 spiro atoms. The molecule has 34 atom stereocenters. The number of cyclic esters (lactones) is 1. The Morgan fingerprint density at radius 3 is 1.43 bits per heavy atom. The number of ether oxygens (including phenoxy) is 10. The summed E-state index contributed by atoms with van der Waals surface area (Å²) in [4.78, 5) is 28.1. The molecule has 5 fully saturated rings. The van der Waals surface area contributed by atoms with Crippen LogP contribution in [0.5, 0.6) is 0 Å². The molecule has 0 saturated carbocycles. The Morgan fingerprint density at radius 1 is 0.500 bits per heavy atom. The minimum atomic E-state index is -2.64. The lowest BCUT2D eigenvalue weighted by Crippen LogP contribution is -2.68. The second-order valence-electron chi connectivity index (χ2n) is 28.1. The standard InChI is InChI=1S/C69H113N3O34/c1-33-17-15-13-11-9-7-5-6-8-10-12-14-16-18-40(102-66-56(88)49(70)52(84)36(4)101-66)24-44-50(43(81)26-69(96,106-44)25-39(78)22-42(80)41(79)20-19-37(76)21-38(77)23-48(82)100-35(3)34(2)51(33)83)71-67(95)72-68(30-97-63-60(92)57(89)53(85)45(27-73)103-63,31-98-64-61(93)58(90)54(86)46(28-74)104-64)32-99-65-62(94)59(91)55(87)47(29-75)105-65/h5-18,33-47,49-66,73-81,83-94,96H,19-32,70H2,1-4H3,(H2,71,72,95)/b6-5+,9-7+,10-8+,13-11+,14-12+,17-15+,18-16+/t33-,34-,35-,36+,37+,38+,39-,40-,41+,42+,43-,44-,45+,46+,47+,49-,50+,51+,52+,53+,54+,55+,56-,57-,58-,59-,60-,61-,62-,63-,64-,65-,66-,69+/m0/s1. The van der Waals surface area contributed by atoms with E-state index in [0.717, 1.165) is 0 Å². The maximum Gasteiger partial charge on any atom is 0.315 e. The van der Waals surface area contributed by atoms with Crippen LogP contribution < -0.4 is 16.4 Å². The van der Waals surface area contributed by atoms with Gasteiger partial charge in [-0.2, -0.15) is 0 Å². The van der Waals surface area contributed by atoms with Crippen LogP contribution in [0.1, 0.15) is 79.1 Å². The molecule has 6 aliphatic rings. The lowest BCUT2D eigenvalue weighted by Gasteiger charge is -2.47. The molecule has 106 heavy (non-hydrogen) atoms. The Morgan fingerprint density at radius 2 is 0.962 bits per heavy atom. The molecule has 6 aliphatic heterocycles. The third-order valence-electron chi connectivity index (χ3n) is 19.5. The summed E-state index contributed by atoms with van der Waals surface area (Å²) in [5.74, 6) is -4.34. The molecular weight excluding hydrogens is 1410 g/mol. The molecule has 5 saturated heterocycles. The molecule has 6 heterocycles. The van der Waals surface area contributed by atoms with Gasteiger partial charge < -0.3 is 176 Å². The van der Waals surface area contributed by atoms with Gasteiger partial charge in [-0.1, -0.05) is 98.9 Å². The molecule has 37 heteroatoms. The van der Waals surface area contributed by atoms with E-state index in [1.54, 1.807) is 93.7 Å². The van der Waals surface area contributed by atoms with Gasteiger partial charge in [-0.25, -0.2) is 4.79 Å². The van der Waals surface area contributed by atoms with Gasteiger partial charge in [0.2, 0.25) is 0 Å². The molecule has 0 unspecified atom stereocenters. The van der Waals surface area contributed by atoms with Gasteiger partial charge >= 0.3 is 12.0 Å². The number of aliphatic hydroxyl groups excluding tert-OH is 21. The highest BCUT2D eigenvalue weighted by molar-refractivity contribution is 5.75. The molecule has 0 aromatic carbocycles. The average molecular weight is 1530 g/mol. The van der Waals surface area contributed by atoms with Crippen LogP contribution in [0.3, 0.4) is 0 Å². The van der Waals surface area contributed by atoms with Crippen molar-refractivity contribution in [2.75, 3.05) is 39.6 Å². The van der Waals surface area contributed by atoms with Crippen LogP contribution in [-0.2, 0) is 52.2 Å². The zero-order chi connectivity index (χ0) is 78.5. The van der Waals surface area contributed by atoms with E-state index >= 15 is 4.79 Å².